The summed E-state index contributed by atoms with van der Waals surface area (Å²) in [5, 5.41) is 2.68. The Morgan fingerprint density at radius 3 is 2.79 bits per heavy atom. The maximum atomic E-state index is 11.3. The molecule has 0 aliphatic carbocycles. The minimum absolute atomic E-state index is 0. The number of nitrogens with two attached hydrogens (primary N) is 1. The van der Waals surface area contributed by atoms with E-state index in [2.05, 4.69) is 21.2 Å². The molecule has 0 fully saturated rings. The van der Waals surface area contributed by atoms with Crippen molar-refractivity contribution in [2.75, 3.05) is 13.1 Å². The van der Waals surface area contributed by atoms with Crippen molar-refractivity contribution in [3.8, 4) is 0 Å². The van der Waals surface area contributed by atoms with Crippen LogP contribution in [0.4, 0.5) is 0 Å². The van der Waals surface area contributed by atoms with Crippen LogP contribution in [0.15, 0.2) is 21.2 Å². The standard InChI is InChI=1S/C8H11BrN2O2.ClH/c9-7-3-2-6(13-7)8(12)11-5-1-4-10;/h2-3H,1,4-5,10H2,(H,11,12);1H. The molecule has 0 atom stereocenters. The Morgan fingerprint density at radius 1 is 1.57 bits per heavy atom. The number of amides is 1. The maximum Gasteiger partial charge on any atom is 0.287 e. The summed E-state index contributed by atoms with van der Waals surface area (Å²) in [6, 6.07) is 3.29. The van der Waals surface area contributed by atoms with Crippen molar-refractivity contribution in [3.05, 3.63) is 22.6 Å². The lowest BCUT2D eigenvalue weighted by Crippen LogP contribution is -2.25. The fourth-order valence-corrected chi connectivity index (χ4v) is 1.13. The first-order chi connectivity index (χ1) is 6.24. The molecule has 0 aromatic carbocycles. The number of carbonyl (C=O) groups excluding carboxylic acids is 1. The molecule has 3 N–H and O–H groups in total. The van der Waals surface area contributed by atoms with Gasteiger partial charge in [0, 0.05) is 6.54 Å². The summed E-state index contributed by atoms with van der Waals surface area (Å²) in [5.74, 6) is 0.100. The molecule has 0 unspecified atom stereocenters. The Bertz CT molecular complexity index is 291. The van der Waals surface area contributed by atoms with Crippen LogP contribution >= 0.6 is 28.3 Å². The van der Waals surface area contributed by atoms with Crippen LogP contribution in [0.2, 0.25) is 0 Å². The zero-order valence-electron chi connectivity index (χ0n) is 7.46. The summed E-state index contributed by atoms with van der Waals surface area (Å²) in [6.45, 7) is 1.15. The minimum atomic E-state index is -0.209. The van der Waals surface area contributed by atoms with E-state index in [4.69, 9.17) is 10.2 Å². The normalized spacial score (nSPS) is 9.29. The lowest BCUT2D eigenvalue weighted by Gasteiger charge is -2.00. The average Bonchev–Trinajstić information content (AvgIpc) is 2.52. The fourth-order valence-electron chi connectivity index (χ4n) is 0.827. The fraction of sp³-hybridized carbons (Fsp3) is 0.375. The molecule has 1 aromatic rings. The van der Waals surface area contributed by atoms with E-state index in [1.54, 1.807) is 12.1 Å². The highest BCUT2D eigenvalue weighted by Gasteiger charge is 2.08. The average molecular weight is 284 g/mol. The van der Waals surface area contributed by atoms with E-state index >= 15 is 0 Å². The second-order valence-electron chi connectivity index (χ2n) is 2.50. The van der Waals surface area contributed by atoms with Crippen molar-refractivity contribution < 1.29 is 9.21 Å². The van der Waals surface area contributed by atoms with Gasteiger partial charge in [-0.2, -0.15) is 0 Å². The summed E-state index contributed by atoms with van der Waals surface area (Å²) in [5.41, 5.74) is 5.28. The third kappa shape index (κ3) is 4.13. The highest BCUT2D eigenvalue weighted by Crippen LogP contribution is 2.13. The van der Waals surface area contributed by atoms with Gasteiger partial charge in [-0.3, -0.25) is 4.79 Å². The van der Waals surface area contributed by atoms with Gasteiger partial charge in [-0.05, 0) is 41.0 Å². The zero-order chi connectivity index (χ0) is 9.68. The molecule has 1 aromatic heterocycles. The molecule has 0 aliphatic rings. The quantitative estimate of drug-likeness (QED) is 0.824. The van der Waals surface area contributed by atoms with Crippen LogP contribution in [-0.4, -0.2) is 19.0 Å². The van der Waals surface area contributed by atoms with Crippen LogP contribution < -0.4 is 11.1 Å². The van der Waals surface area contributed by atoms with Gasteiger partial charge in [0.25, 0.3) is 5.91 Å². The van der Waals surface area contributed by atoms with Crippen LogP contribution in [0, 0.1) is 0 Å². The lowest BCUT2D eigenvalue weighted by molar-refractivity contribution is 0.0924. The number of hydrogen-bond donors (Lipinski definition) is 2. The largest absolute Gasteiger partial charge is 0.444 e. The first-order valence-corrected chi connectivity index (χ1v) is 4.77. The van der Waals surface area contributed by atoms with Gasteiger partial charge in [0.1, 0.15) is 0 Å². The SMILES string of the molecule is Cl.NCCCNC(=O)c1ccc(Br)o1. The monoisotopic (exact) mass is 282 g/mol. The van der Waals surface area contributed by atoms with Gasteiger partial charge in [0.2, 0.25) is 0 Å². The topological polar surface area (TPSA) is 68.3 Å². The Morgan fingerprint density at radius 2 is 2.29 bits per heavy atom. The maximum absolute atomic E-state index is 11.3. The second-order valence-corrected chi connectivity index (χ2v) is 3.28. The summed E-state index contributed by atoms with van der Waals surface area (Å²) in [4.78, 5) is 11.3. The van der Waals surface area contributed by atoms with Gasteiger partial charge in [-0.15, -0.1) is 12.4 Å². The van der Waals surface area contributed by atoms with Crippen molar-refractivity contribution in [2.45, 2.75) is 6.42 Å². The number of hydrogen-bond acceptors (Lipinski definition) is 3. The third-order valence-electron chi connectivity index (χ3n) is 1.46. The first-order valence-electron chi connectivity index (χ1n) is 3.97. The van der Waals surface area contributed by atoms with Crippen molar-refractivity contribution in [1.29, 1.82) is 0 Å². The van der Waals surface area contributed by atoms with Gasteiger partial charge in [0.15, 0.2) is 10.4 Å². The number of carbonyl (C=O) groups is 1. The van der Waals surface area contributed by atoms with Gasteiger partial charge < -0.3 is 15.5 Å². The van der Waals surface area contributed by atoms with Crippen molar-refractivity contribution in [2.24, 2.45) is 5.73 Å². The third-order valence-corrected chi connectivity index (χ3v) is 1.89. The Hall–Kier alpha value is -0.520. The van der Waals surface area contributed by atoms with E-state index < -0.39 is 0 Å². The Balaban J connectivity index is 0.00000169. The zero-order valence-corrected chi connectivity index (χ0v) is 9.86. The van der Waals surface area contributed by atoms with Crippen LogP contribution in [0.25, 0.3) is 0 Å². The summed E-state index contributed by atoms with van der Waals surface area (Å²) >= 11 is 3.12. The van der Waals surface area contributed by atoms with E-state index in [1.807, 2.05) is 0 Å². The van der Waals surface area contributed by atoms with Gasteiger partial charge in [-0.1, -0.05) is 0 Å². The van der Waals surface area contributed by atoms with Crippen LogP contribution in [0.5, 0.6) is 0 Å². The van der Waals surface area contributed by atoms with Crippen LogP contribution in [0.3, 0.4) is 0 Å². The van der Waals surface area contributed by atoms with Gasteiger partial charge in [0.05, 0.1) is 0 Å². The molecule has 0 saturated carbocycles. The molecule has 0 spiro atoms. The number of rotatable bonds is 4. The van der Waals surface area contributed by atoms with Gasteiger partial charge >= 0.3 is 0 Å². The first kappa shape index (κ1) is 13.5. The van der Waals surface area contributed by atoms with E-state index in [-0.39, 0.29) is 18.3 Å². The van der Waals surface area contributed by atoms with Crippen molar-refractivity contribution in [3.63, 3.8) is 0 Å². The van der Waals surface area contributed by atoms with E-state index in [0.29, 0.717) is 23.5 Å². The summed E-state index contributed by atoms with van der Waals surface area (Å²) < 4.78 is 5.60. The molecule has 1 rings (SSSR count). The molecule has 0 bridgehead atoms. The smallest absolute Gasteiger partial charge is 0.287 e. The molecule has 0 aliphatic heterocycles. The summed E-state index contributed by atoms with van der Waals surface area (Å²) in [7, 11) is 0. The number of nitrogens with one attached hydrogen (secondary N) is 1. The molecule has 4 nitrogen and oxygen atoms in total. The van der Waals surface area contributed by atoms with Crippen molar-refractivity contribution >= 4 is 34.2 Å². The predicted octanol–water partition coefficient (Wildman–Crippen LogP) is 1.54. The van der Waals surface area contributed by atoms with E-state index in [0.717, 1.165) is 6.42 Å². The minimum Gasteiger partial charge on any atom is -0.444 e. The predicted molar refractivity (Wildman–Crippen MR) is 59.7 cm³/mol. The number of halogens is 2. The second kappa shape index (κ2) is 6.86. The van der Waals surface area contributed by atoms with Crippen LogP contribution in [-0.2, 0) is 0 Å². The number of furan rings is 1. The highest BCUT2D eigenvalue weighted by atomic mass is 79.9. The highest BCUT2D eigenvalue weighted by molar-refractivity contribution is 9.10. The molecular weight excluding hydrogens is 271 g/mol. The lowest BCUT2D eigenvalue weighted by atomic mass is 10.4. The molecular formula is C8H12BrClN2O2. The summed E-state index contributed by atoms with van der Waals surface area (Å²) in [6.07, 6.45) is 0.771. The molecule has 0 saturated heterocycles. The van der Waals surface area contributed by atoms with Crippen LogP contribution in [0.1, 0.15) is 17.0 Å². The van der Waals surface area contributed by atoms with E-state index in [1.165, 1.54) is 0 Å². The Labute approximate surface area is 96.8 Å². The Kier molecular flexibility index (Phi) is 6.61. The molecule has 0 radical (unpaired) electrons. The molecule has 14 heavy (non-hydrogen) atoms. The van der Waals surface area contributed by atoms with Gasteiger partial charge in [-0.25, -0.2) is 0 Å². The molecule has 1 amide bonds. The molecule has 80 valence electrons. The molecule has 6 heteroatoms. The van der Waals surface area contributed by atoms with Crippen molar-refractivity contribution in [1.82, 2.24) is 5.32 Å². The van der Waals surface area contributed by atoms with E-state index in [9.17, 15) is 4.79 Å². The molecule has 1 heterocycles.